The van der Waals surface area contributed by atoms with Crippen molar-refractivity contribution >= 4 is 23.3 Å². The third-order valence-corrected chi connectivity index (χ3v) is 4.68. The Labute approximate surface area is 211 Å². The lowest BCUT2D eigenvalue weighted by Crippen LogP contribution is -2.39. The fourth-order valence-electron chi connectivity index (χ4n) is 3.10. The molecule has 5 N–H and O–H groups in total. The Morgan fingerprint density at radius 1 is 1.00 bits per heavy atom. The number of nitrogens with two attached hydrogens (primary N) is 1. The molecule has 0 saturated heterocycles. The van der Waals surface area contributed by atoms with E-state index in [0.29, 0.717) is 11.5 Å². The Hall–Kier alpha value is -4.32. The lowest BCUT2D eigenvalue weighted by molar-refractivity contribution is -0.138. The van der Waals surface area contributed by atoms with Gasteiger partial charge in [0.15, 0.2) is 0 Å². The van der Waals surface area contributed by atoms with Gasteiger partial charge in [0.1, 0.15) is 35.1 Å². The van der Waals surface area contributed by atoms with Gasteiger partial charge in [-0.3, -0.25) is 9.78 Å². The fourth-order valence-corrected chi connectivity index (χ4v) is 3.10. The zero-order valence-electron chi connectivity index (χ0n) is 20.3. The summed E-state index contributed by atoms with van der Waals surface area (Å²) in [6.45, 7) is 3.06. The molecule has 9 nitrogen and oxygen atoms in total. The molecule has 0 fully saturated rings. The number of rotatable bonds is 8. The first-order valence-corrected chi connectivity index (χ1v) is 11.0. The van der Waals surface area contributed by atoms with Gasteiger partial charge in [0, 0.05) is 36.6 Å². The predicted molar refractivity (Wildman–Crippen MR) is 132 cm³/mol. The molecular formula is C25H26F3N5O4. The van der Waals surface area contributed by atoms with Crippen molar-refractivity contribution in [3.63, 3.8) is 0 Å². The molecule has 2 aromatic carbocycles. The highest BCUT2D eigenvalue weighted by molar-refractivity contribution is 6.00. The van der Waals surface area contributed by atoms with Crippen LogP contribution in [0.2, 0.25) is 0 Å². The number of aromatic nitrogens is 1. The molecule has 0 aliphatic heterocycles. The van der Waals surface area contributed by atoms with Gasteiger partial charge < -0.3 is 31.2 Å². The van der Waals surface area contributed by atoms with Crippen LogP contribution in [-0.4, -0.2) is 36.1 Å². The second kappa shape index (κ2) is 11.2. The van der Waals surface area contributed by atoms with Crippen LogP contribution in [0.15, 0.2) is 60.8 Å². The minimum absolute atomic E-state index is 0.148. The van der Waals surface area contributed by atoms with Crippen LogP contribution in [0.25, 0.3) is 0 Å². The quantitative estimate of drug-likeness (QED) is 0.333. The van der Waals surface area contributed by atoms with Crippen molar-refractivity contribution in [1.29, 1.82) is 0 Å². The highest BCUT2D eigenvalue weighted by atomic mass is 19.4. The number of ether oxygens (including phenoxy) is 2. The van der Waals surface area contributed by atoms with Gasteiger partial charge in [-0.15, -0.1) is 0 Å². The van der Waals surface area contributed by atoms with Gasteiger partial charge in [0.2, 0.25) is 0 Å². The van der Waals surface area contributed by atoms with Gasteiger partial charge in [0.05, 0.1) is 5.69 Å². The van der Waals surface area contributed by atoms with Crippen LogP contribution in [0.3, 0.4) is 0 Å². The van der Waals surface area contributed by atoms with Crippen LogP contribution in [0.1, 0.15) is 29.9 Å². The van der Waals surface area contributed by atoms with Crippen LogP contribution in [0, 0.1) is 0 Å². The zero-order chi connectivity index (χ0) is 27.2. The number of benzene rings is 2. The van der Waals surface area contributed by atoms with E-state index in [2.05, 4.69) is 20.9 Å². The number of carbonyl (C=O) groups is 2. The summed E-state index contributed by atoms with van der Waals surface area (Å²) in [6, 6.07) is 11.9. The highest BCUT2D eigenvalue weighted by Gasteiger charge is 2.38. The van der Waals surface area contributed by atoms with Gasteiger partial charge in [-0.05, 0) is 44.2 Å². The molecule has 0 saturated carbocycles. The van der Waals surface area contributed by atoms with Crippen LogP contribution in [-0.2, 0) is 6.18 Å². The fraction of sp³-hybridized carbons (Fsp3) is 0.240. The van der Waals surface area contributed by atoms with Crippen molar-refractivity contribution in [2.24, 2.45) is 5.73 Å². The first-order valence-electron chi connectivity index (χ1n) is 11.0. The summed E-state index contributed by atoms with van der Waals surface area (Å²) in [4.78, 5) is 28.3. The van der Waals surface area contributed by atoms with E-state index in [1.165, 1.54) is 37.5 Å². The molecule has 12 heteroatoms. The second-order valence-corrected chi connectivity index (χ2v) is 8.62. The smallest absolute Gasteiger partial charge is 0.421 e. The Morgan fingerprint density at radius 3 is 2.38 bits per heavy atom. The van der Waals surface area contributed by atoms with Crippen molar-refractivity contribution in [2.45, 2.75) is 25.6 Å². The lowest BCUT2D eigenvalue weighted by atomic mass is 10.1. The maximum Gasteiger partial charge on any atom is 0.421 e. The molecule has 3 rings (SSSR count). The number of alkyl halides is 3. The maximum absolute atomic E-state index is 13.8. The minimum atomic E-state index is -4.80. The summed E-state index contributed by atoms with van der Waals surface area (Å²) < 4.78 is 52.5. The first kappa shape index (κ1) is 27.3. The van der Waals surface area contributed by atoms with E-state index in [1.807, 2.05) is 0 Å². The average molecular weight is 518 g/mol. The van der Waals surface area contributed by atoms with Crippen molar-refractivity contribution in [3.8, 4) is 17.2 Å². The molecule has 1 heterocycles. The molecule has 0 atom stereocenters. The van der Waals surface area contributed by atoms with E-state index in [-0.39, 0.29) is 18.0 Å². The van der Waals surface area contributed by atoms with Gasteiger partial charge in [-0.1, -0.05) is 12.1 Å². The molecule has 0 spiro atoms. The molecular weight excluding hydrogens is 491 g/mol. The normalized spacial score (nSPS) is 11.4. The Balaban J connectivity index is 1.75. The van der Waals surface area contributed by atoms with Crippen molar-refractivity contribution in [3.05, 3.63) is 72.1 Å². The summed E-state index contributed by atoms with van der Waals surface area (Å²) >= 11 is 0. The largest absolute Gasteiger partial charge is 0.491 e. The number of amides is 3. The van der Waals surface area contributed by atoms with E-state index in [0.717, 1.165) is 12.1 Å². The Morgan fingerprint density at radius 2 is 1.70 bits per heavy atom. The topological polar surface area (TPSA) is 128 Å². The number of halogens is 3. The van der Waals surface area contributed by atoms with Crippen LogP contribution >= 0.6 is 0 Å². The molecule has 0 radical (unpaired) electrons. The summed E-state index contributed by atoms with van der Waals surface area (Å²) in [7, 11) is 1.47. The van der Waals surface area contributed by atoms with Gasteiger partial charge in [-0.25, -0.2) is 4.79 Å². The second-order valence-electron chi connectivity index (χ2n) is 8.62. The Bertz CT molecular complexity index is 1280. The van der Waals surface area contributed by atoms with E-state index in [1.54, 1.807) is 32.0 Å². The highest BCUT2D eigenvalue weighted by Crippen LogP contribution is 2.41. The van der Waals surface area contributed by atoms with Gasteiger partial charge in [0.25, 0.3) is 5.91 Å². The van der Waals surface area contributed by atoms with Crippen molar-refractivity contribution < 1.29 is 32.2 Å². The van der Waals surface area contributed by atoms with Crippen molar-refractivity contribution in [1.82, 2.24) is 10.3 Å². The number of hydrogen-bond donors (Lipinski definition) is 4. The number of urea groups is 1. The summed E-state index contributed by atoms with van der Waals surface area (Å²) in [5.74, 6) is -0.213. The molecule has 3 amide bonds. The molecule has 37 heavy (non-hydrogen) atoms. The molecule has 0 aliphatic rings. The third-order valence-electron chi connectivity index (χ3n) is 4.68. The number of nitrogens with one attached hydrogen (secondary N) is 3. The van der Waals surface area contributed by atoms with Crippen LogP contribution < -0.4 is 31.2 Å². The molecule has 1 aromatic heterocycles. The average Bonchev–Trinajstić information content (AvgIpc) is 2.81. The number of hydrogen-bond acceptors (Lipinski definition) is 6. The SMILES string of the molecule is CNC(=O)c1cc(Oc2cccc(NC(=O)Nc3cccc(OCC(C)(C)N)c3C(F)(F)F)c2)ccn1. The zero-order valence-corrected chi connectivity index (χ0v) is 20.3. The summed E-state index contributed by atoms with van der Waals surface area (Å²) in [5.41, 5.74) is 3.74. The van der Waals surface area contributed by atoms with E-state index in [9.17, 15) is 22.8 Å². The van der Waals surface area contributed by atoms with Crippen LogP contribution in [0.4, 0.5) is 29.3 Å². The number of anilines is 2. The minimum Gasteiger partial charge on any atom is -0.491 e. The molecule has 196 valence electrons. The molecule has 3 aromatic rings. The Kier molecular flexibility index (Phi) is 8.23. The maximum atomic E-state index is 13.8. The van der Waals surface area contributed by atoms with E-state index < -0.39 is 40.7 Å². The third kappa shape index (κ3) is 7.84. The summed E-state index contributed by atoms with van der Waals surface area (Å²) in [5, 5.41) is 7.16. The van der Waals surface area contributed by atoms with Gasteiger partial charge in [-0.2, -0.15) is 13.2 Å². The molecule has 0 bridgehead atoms. The lowest BCUT2D eigenvalue weighted by Gasteiger charge is -2.22. The number of carbonyl (C=O) groups excluding carboxylic acids is 2. The van der Waals surface area contributed by atoms with Crippen LogP contribution in [0.5, 0.6) is 17.2 Å². The van der Waals surface area contributed by atoms with E-state index in [4.69, 9.17) is 15.2 Å². The van der Waals surface area contributed by atoms with Crippen molar-refractivity contribution in [2.75, 3.05) is 24.3 Å². The first-order chi connectivity index (χ1) is 17.4. The predicted octanol–water partition coefficient (Wildman–Crippen LogP) is 5.01. The van der Waals surface area contributed by atoms with Gasteiger partial charge >= 0.3 is 12.2 Å². The standard InChI is InChI=1S/C25H26F3N5O4/c1-24(2,29)14-36-20-9-5-8-18(21(20)25(26,27)28)33-23(35)32-15-6-4-7-16(12-15)37-17-10-11-31-19(13-17)22(34)30-3/h4-13H,14,29H2,1-3H3,(H,30,34)(H2,32,33,35). The van der Waals surface area contributed by atoms with E-state index >= 15 is 0 Å². The number of pyridine rings is 1. The summed E-state index contributed by atoms with van der Waals surface area (Å²) in [6.07, 6.45) is -3.40. The molecule has 0 aliphatic carbocycles. The monoisotopic (exact) mass is 517 g/mol. The molecule has 0 unspecified atom stereocenters. The number of nitrogens with zero attached hydrogens (tertiary/aromatic N) is 1.